The van der Waals surface area contributed by atoms with Gasteiger partial charge in [-0.25, -0.2) is 0 Å². The number of hydrogen-bond acceptors (Lipinski definition) is 4. The van der Waals surface area contributed by atoms with Crippen molar-refractivity contribution < 1.29 is 14.3 Å². The van der Waals surface area contributed by atoms with Crippen LogP contribution in [0.2, 0.25) is 0 Å². The minimum Gasteiger partial charge on any atom is -0.497 e. The average molecular weight is 328 g/mol. The van der Waals surface area contributed by atoms with E-state index in [1.54, 1.807) is 18.2 Å². The molecule has 0 radical (unpaired) electrons. The smallest absolute Gasteiger partial charge is 0.253 e. The maximum atomic E-state index is 12.2. The topological polar surface area (TPSA) is 93.4 Å². The summed E-state index contributed by atoms with van der Waals surface area (Å²) in [7, 11) is 1.54. The van der Waals surface area contributed by atoms with Gasteiger partial charge in [0, 0.05) is 12.5 Å². The fraction of sp³-hybridized carbons (Fsp3) is 0.467. The summed E-state index contributed by atoms with van der Waals surface area (Å²) >= 11 is 0. The highest BCUT2D eigenvalue weighted by Crippen LogP contribution is 2.25. The standard InChI is InChI=1S/C15H21N3O3.ClH/c1-21-11-6-7-13(18-14(19)3-2-8-16)12(9-11)15(20)17-10-4-5-10;/h6-7,9-10H,2-5,8,16H2,1H3,(H,17,20)(H,18,19);1H. The molecule has 6 nitrogen and oxygen atoms in total. The molecule has 2 rings (SSSR count). The number of anilines is 1. The van der Waals surface area contributed by atoms with Crippen LogP contribution in [0.1, 0.15) is 36.0 Å². The van der Waals surface area contributed by atoms with E-state index in [1.165, 1.54) is 7.11 Å². The molecule has 0 atom stereocenters. The number of benzene rings is 1. The Labute approximate surface area is 136 Å². The van der Waals surface area contributed by atoms with Crippen LogP contribution in [0, 0.1) is 0 Å². The second-order valence-electron chi connectivity index (χ2n) is 5.10. The zero-order valence-electron chi connectivity index (χ0n) is 12.6. The van der Waals surface area contributed by atoms with Gasteiger partial charge in [-0.1, -0.05) is 0 Å². The van der Waals surface area contributed by atoms with Crippen LogP contribution >= 0.6 is 12.4 Å². The molecule has 0 heterocycles. The van der Waals surface area contributed by atoms with E-state index in [9.17, 15) is 9.59 Å². The Morgan fingerprint density at radius 1 is 1.36 bits per heavy atom. The third-order valence-corrected chi connectivity index (χ3v) is 3.27. The van der Waals surface area contributed by atoms with Crippen LogP contribution in [-0.4, -0.2) is 31.5 Å². The molecule has 0 aromatic heterocycles. The van der Waals surface area contributed by atoms with Crippen LogP contribution in [0.15, 0.2) is 18.2 Å². The molecule has 0 saturated heterocycles. The second-order valence-corrected chi connectivity index (χ2v) is 5.10. The first-order valence-corrected chi connectivity index (χ1v) is 7.13. The van der Waals surface area contributed by atoms with Gasteiger partial charge >= 0.3 is 0 Å². The molecule has 0 bridgehead atoms. The van der Waals surface area contributed by atoms with Gasteiger partial charge in [-0.3, -0.25) is 9.59 Å². The SMILES string of the molecule is COc1ccc(NC(=O)CCCN)c(C(=O)NC2CC2)c1.Cl. The second kappa shape index (κ2) is 8.60. The summed E-state index contributed by atoms with van der Waals surface area (Å²) in [5.41, 5.74) is 6.30. The van der Waals surface area contributed by atoms with Gasteiger partial charge in [-0.05, 0) is 44.0 Å². The lowest BCUT2D eigenvalue weighted by atomic mass is 10.1. The Kier molecular flexibility index (Phi) is 7.14. The van der Waals surface area contributed by atoms with Crippen LogP contribution in [0.3, 0.4) is 0 Å². The molecular formula is C15H22ClN3O3. The van der Waals surface area contributed by atoms with E-state index in [0.29, 0.717) is 36.4 Å². The predicted molar refractivity (Wildman–Crippen MR) is 87.6 cm³/mol. The van der Waals surface area contributed by atoms with Gasteiger partial charge in [0.2, 0.25) is 5.91 Å². The first-order chi connectivity index (χ1) is 10.1. The number of carbonyl (C=O) groups excluding carboxylic acids is 2. The van der Waals surface area contributed by atoms with Gasteiger partial charge < -0.3 is 21.1 Å². The Bertz CT molecular complexity index is 533. The van der Waals surface area contributed by atoms with Crippen LogP contribution in [0.25, 0.3) is 0 Å². The monoisotopic (exact) mass is 327 g/mol. The zero-order valence-corrected chi connectivity index (χ0v) is 13.4. The van der Waals surface area contributed by atoms with E-state index >= 15 is 0 Å². The molecule has 0 unspecified atom stereocenters. The number of halogens is 1. The summed E-state index contributed by atoms with van der Waals surface area (Å²) in [5, 5.41) is 5.67. The highest BCUT2D eigenvalue weighted by molar-refractivity contribution is 6.04. The van der Waals surface area contributed by atoms with Crippen LogP contribution in [0.4, 0.5) is 5.69 Å². The number of ether oxygens (including phenoxy) is 1. The summed E-state index contributed by atoms with van der Waals surface area (Å²) in [5.74, 6) is 0.243. The van der Waals surface area contributed by atoms with Gasteiger partial charge in [-0.2, -0.15) is 0 Å². The molecule has 4 N–H and O–H groups in total. The van der Waals surface area contributed by atoms with E-state index in [0.717, 1.165) is 12.8 Å². The van der Waals surface area contributed by atoms with Crippen molar-refractivity contribution in [3.05, 3.63) is 23.8 Å². The number of nitrogens with one attached hydrogen (secondary N) is 2. The highest BCUT2D eigenvalue weighted by atomic mass is 35.5. The van der Waals surface area contributed by atoms with Crippen molar-refractivity contribution in [2.75, 3.05) is 19.0 Å². The van der Waals surface area contributed by atoms with Gasteiger partial charge in [0.25, 0.3) is 5.91 Å². The minimum atomic E-state index is -0.189. The molecule has 1 fully saturated rings. The molecule has 122 valence electrons. The quantitative estimate of drug-likeness (QED) is 0.710. The number of nitrogens with two attached hydrogens (primary N) is 1. The molecular weight excluding hydrogens is 306 g/mol. The zero-order chi connectivity index (χ0) is 15.2. The Morgan fingerprint density at radius 3 is 2.68 bits per heavy atom. The maximum absolute atomic E-state index is 12.2. The van der Waals surface area contributed by atoms with Gasteiger partial charge in [0.05, 0.1) is 18.4 Å². The van der Waals surface area contributed by atoms with Crippen molar-refractivity contribution in [2.45, 2.75) is 31.7 Å². The minimum absolute atomic E-state index is 0. The van der Waals surface area contributed by atoms with Gasteiger partial charge in [0.15, 0.2) is 0 Å². The molecule has 0 aliphatic heterocycles. The number of carbonyl (C=O) groups is 2. The number of methoxy groups -OCH3 is 1. The summed E-state index contributed by atoms with van der Waals surface area (Å²) in [4.78, 5) is 24.0. The first kappa shape index (κ1) is 18.3. The van der Waals surface area contributed by atoms with Crippen molar-refractivity contribution in [1.29, 1.82) is 0 Å². The summed E-state index contributed by atoms with van der Waals surface area (Å²) in [6.45, 7) is 0.463. The molecule has 22 heavy (non-hydrogen) atoms. The van der Waals surface area contributed by atoms with Crippen molar-refractivity contribution in [3.8, 4) is 5.75 Å². The molecule has 1 saturated carbocycles. The summed E-state index contributed by atoms with van der Waals surface area (Å²) in [6, 6.07) is 5.29. The highest BCUT2D eigenvalue weighted by Gasteiger charge is 2.25. The van der Waals surface area contributed by atoms with Crippen molar-refractivity contribution >= 4 is 29.9 Å². The molecule has 1 aliphatic carbocycles. The Balaban J connectivity index is 0.00000242. The fourth-order valence-electron chi connectivity index (χ4n) is 1.91. The van der Waals surface area contributed by atoms with E-state index in [4.69, 9.17) is 10.5 Å². The summed E-state index contributed by atoms with van der Waals surface area (Å²) in [6.07, 6.45) is 2.97. The van der Waals surface area contributed by atoms with E-state index in [-0.39, 0.29) is 30.3 Å². The lowest BCUT2D eigenvalue weighted by molar-refractivity contribution is -0.116. The predicted octanol–water partition coefficient (Wildman–Crippen LogP) is 1.69. The lowest BCUT2D eigenvalue weighted by Crippen LogP contribution is -2.27. The van der Waals surface area contributed by atoms with E-state index in [2.05, 4.69) is 10.6 Å². The molecule has 1 aliphatic rings. The normalized spacial score (nSPS) is 13.0. The summed E-state index contributed by atoms with van der Waals surface area (Å²) < 4.78 is 5.14. The Morgan fingerprint density at radius 2 is 2.09 bits per heavy atom. The van der Waals surface area contributed by atoms with Gasteiger partial charge in [0.1, 0.15) is 5.75 Å². The third-order valence-electron chi connectivity index (χ3n) is 3.27. The Hall–Kier alpha value is -1.79. The average Bonchev–Trinajstić information content (AvgIpc) is 3.29. The molecule has 1 aromatic rings. The molecule has 2 amide bonds. The maximum Gasteiger partial charge on any atom is 0.253 e. The fourth-order valence-corrected chi connectivity index (χ4v) is 1.91. The van der Waals surface area contributed by atoms with Crippen LogP contribution in [0.5, 0.6) is 5.75 Å². The number of amides is 2. The largest absolute Gasteiger partial charge is 0.497 e. The molecule has 7 heteroatoms. The third kappa shape index (κ3) is 5.20. The van der Waals surface area contributed by atoms with Crippen molar-refractivity contribution in [2.24, 2.45) is 5.73 Å². The van der Waals surface area contributed by atoms with Crippen LogP contribution in [-0.2, 0) is 4.79 Å². The van der Waals surface area contributed by atoms with Gasteiger partial charge in [-0.15, -0.1) is 12.4 Å². The lowest BCUT2D eigenvalue weighted by Gasteiger charge is -2.12. The first-order valence-electron chi connectivity index (χ1n) is 7.13. The van der Waals surface area contributed by atoms with E-state index in [1.807, 2.05) is 0 Å². The van der Waals surface area contributed by atoms with Crippen molar-refractivity contribution in [1.82, 2.24) is 5.32 Å². The number of rotatable bonds is 7. The van der Waals surface area contributed by atoms with Crippen molar-refractivity contribution in [3.63, 3.8) is 0 Å². The van der Waals surface area contributed by atoms with Crippen LogP contribution < -0.4 is 21.1 Å². The van der Waals surface area contributed by atoms with E-state index < -0.39 is 0 Å². The number of hydrogen-bond donors (Lipinski definition) is 3. The molecule has 1 aromatic carbocycles. The molecule has 0 spiro atoms.